The Hall–Kier alpha value is -2.50. The number of carbonyl (C=O) groups excluding carboxylic acids is 1. The van der Waals surface area contributed by atoms with Crippen molar-refractivity contribution in [2.24, 2.45) is 0 Å². The van der Waals surface area contributed by atoms with Crippen LogP contribution in [0.4, 0.5) is 10.5 Å². The molecule has 1 aromatic heterocycles. The van der Waals surface area contributed by atoms with Crippen molar-refractivity contribution in [2.75, 3.05) is 18.6 Å². The van der Waals surface area contributed by atoms with E-state index in [4.69, 9.17) is 4.74 Å². The van der Waals surface area contributed by atoms with Crippen molar-refractivity contribution in [3.63, 3.8) is 0 Å². The van der Waals surface area contributed by atoms with E-state index in [0.29, 0.717) is 13.2 Å². The van der Waals surface area contributed by atoms with Gasteiger partial charge in [-0.15, -0.1) is 0 Å². The molecule has 6 nitrogen and oxygen atoms in total. The van der Waals surface area contributed by atoms with Gasteiger partial charge < -0.3 is 10.1 Å². The maximum atomic E-state index is 11.9. The predicted molar refractivity (Wildman–Crippen MR) is 86.2 cm³/mol. The quantitative estimate of drug-likeness (QED) is 0.892. The van der Waals surface area contributed by atoms with Crippen molar-refractivity contribution < 1.29 is 9.53 Å². The minimum atomic E-state index is -0.123. The van der Waals surface area contributed by atoms with Crippen LogP contribution in [0.25, 0.3) is 0 Å². The number of anilines is 1. The Morgan fingerprint density at radius 3 is 2.68 bits per heavy atom. The van der Waals surface area contributed by atoms with Gasteiger partial charge in [0.05, 0.1) is 6.54 Å². The molecule has 1 heterocycles. The fraction of sp³-hybridized carbons (Fsp3) is 0.375. The van der Waals surface area contributed by atoms with E-state index in [9.17, 15) is 4.79 Å². The molecular formula is C16H22N4O2. The maximum absolute atomic E-state index is 11.9. The summed E-state index contributed by atoms with van der Waals surface area (Å²) in [5, 5.41) is 6.96. The second-order valence-corrected chi connectivity index (χ2v) is 5.27. The number of hydrogen-bond donors (Lipinski definition) is 1. The molecule has 2 aromatic rings. The van der Waals surface area contributed by atoms with E-state index in [1.54, 1.807) is 18.1 Å². The van der Waals surface area contributed by atoms with Gasteiger partial charge in [0.1, 0.15) is 12.4 Å². The number of ether oxygens (including phenoxy) is 1. The third-order valence-electron chi connectivity index (χ3n) is 3.09. The molecule has 0 unspecified atom stereocenters. The summed E-state index contributed by atoms with van der Waals surface area (Å²) in [6, 6.07) is 9.32. The van der Waals surface area contributed by atoms with Crippen molar-refractivity contribution in [3.05, 3.63) is 42.7 Å². The number of nitrogens with one attached hydrogen (secondary N) is 1. The third kappa shape index (κ3) is 4.51. The molecule has 1 aromatic carbocycles. The average Bonchev–Trinajstić information content (AvgIpc) is 3.00. The normalized spacial score (nSPS) is 10.5. The Balaban J connectivity index is 1.85. The summed E-state index contributed by atoms with van der Waals surface area (Å²) in [5.41, 5.74) is 0.817. The zero-order chi connectivity index (χ0) is 15.9. The lowest BCUT2D eigenvalue weighted by Crippen LogP contribution is -2.40. The van der Waals surface area contributed by atoms with E-state index >= 15 is 0 Å². The minimum Gasteiger partial charge on any atom is -0.492 e. The third-order valence-corrected chi connectivity index (χ3v) is 3.09. The van der Waals surface area contributed by atoms with Crippen LogP contribution in [-0.2, 0) is 6.54 Å². The molecule has 118 valence electrons. The van der Waals surface area contributed by atoms with E-state index in [-0.39, 0.29) is 12.1 Å². The molecule has 0 saturated heterocycles. The Morgan fingerprint density at radius 2 is 2.09 bits per heavy atom. The number of carbonyl (C=O) groups is 1. The van der Waals surface area contributed by atoms with Crippen LogP contribution >= 0.6 is 0 Å². The predicted octanol–water partition coefficient (Wildman–Crippen LogP) is 2.52. The molecule has 0 aliphatic rings. The zero-order valence-electron chi connectivity index (χ0n) is 13.2. The summed E-state index contributed by atoms with van der Waals surface area (Å²) in [6.07, 6.45) is 3.64. The van der Waals surface area contributed by atoms with Crippen LogP contribution in [0.5, 0.6) is 5.75 Å². The first-order chi connectivity index (χ1) is 10.6. The maximum Gasteiger partial charge on any atom is 0.321 e. The topological polar surface area (TPSA) is 59.4 Å². The molecule has 0 spiro atoms. The van der Waals surface area contributed by atoms with Gasteiger partial charge in [-0.2, -0.15) is 5.10 Å². The smallest absolute Gasteiger partial charge is 0.321 e. The molecule has 0 saturated carbocycles. The van der Waals surface area contributed by atoms with E-state index < -0.39 is 0 Å². The zero-order valence-corrected chi connectivity index (χ0v) is 13.2. The van der Waals surface area contributed by atoms with Gasteiger partial charge in [-0.3, -0.25) is 9.58 Å². The highest BCUT2D eigenvalue weighted by molar-refractivity contribution is 5.91. The van der Waals surface area contributed by atoms with Crippen LogP contribution in [0.1, 0.15) is 13.8 Å². The van der Waals surface area contributed by atoms with Gasteiger partial charge in [0.15, 0.2) is 0 Å². The number of benzene rings is 1. The first-order valence-electron chi connectivity index (χ1n) is 7.31. The van der Waals surface area contributed by atoms with Gasteiger partial charge in [-0.1, -0.05) is 0 Å². The molecule has 0 radical (unpaired) electrons. The summed E-state index contributed by atoms with van der Waals surface area (Å²) in [6.45, 7) is 5.11. The Labute approximate surface area is 130 Å². The van der Waals surface area contributed by atoms with Crippen molar-refractivity contribution in [3.8, 4) is 5.75 Å². The van der Waals surface area contributed by atoms with Crippen LogP contribution in [0, 0.1) is 0 Å². The van der Waals surface area contributed by atoms with Crippen LogP contribution in [0.3, 0.4) is 0 Å². The number of hydrogen-bond acceptors (Lipinski definition) is 3. The summed E-state index contributed by atoms with van der Waals surface area (Å²) >= 11 is 0. The first kappa shape index (κ1) is 15.9. The highest BCUT2D eigenvalue weighted by Gasteiger charge is 2.11. The number of rotatable bonds is 6. The largest absolute Gasteiger partial charge is 0.492 e. The molecule has 22 heavy (non-hydrogen) atoms. The van der Waals surface area contributed by atoms with Crippen molar-refractivity contribution in [1.29, 1.82) is 0 Å². The van der Waals surface area contributed by atoms with Gasteiger partial charge in [0.25, 0.3) is 0 Å². The molecule has 2 amide bonds. The van der Waals surface area contributed by atoms with Crippen molar-refractivity contribution in [1.82, 2.24) is 15.1 Å². The number of nitrogens with zero attached hydrogens (tertiary/aromatic N) is 3. The lowest BCUT2D eigenvalue weighted by Gasteiger charge is -2.20. The van der Waals surface area contributed by atoms with Crippen LogP contribution in [0.2, 0.25) is 0 Å². The second-order valence-electron chi connectivity index (χ2n) is 5.27. The van der Waals surface area contributed by atoms with E-state index in [1.165, 1.54) is 0 Å². The standard InChI is InChI=1S/C16H22N4O2/c1-13(2)18-16(21)19(3)14-5-7-15(8-6-14)22-12-11-20-10-4-9-17-20/h4-10,13H,11-12H2,1-3H3,(H,18,21). The van der Waals surface area contributed by atoms with Gasteiger partial charge >= 0.3 is 6.03 Å². The Bertz CT molecular complexity index is 579. The van der Waals surface area contributed by atoms with Crippen molar-refractivity contribution in [2.45, 2.75) is 26.4 Å². The lowest BCUT2D eigenvalue weighted by molar-refractivity contribution is 0.245. The lowest BCUT2D eigenvalue weighted by atomic mass is 10.3. The highest BCUT2D eigenvalue weighted by atomic mass is 16.5. The van der Waals surface area contributed by atoms with Gasteiger partial charge in [0.2, 0.25) is 0 Å². The Kier molecular flexibility index (Phi) is 5.41. The van der Waals surface area contributed by atoms with E-state index in [0.717, 1.165) is 11.4 Å². The molecule has 0 bridgehead atoms. The van der Waals surface area contributed by atoms with E-state index in [2.05, 4.69) is 10.4 Å². The molecular weight excluding hydrogens is 280 g/mol. The number of aromatic nitrogens is 2. The molecule has 0 atom stereocenters. The van der Waals surface area contributed by atoms with Crippen LogP contribution in [-0.4, -0.2) is 35.5 Å². The number of amides is 2. The fourth-order valence-electron chi connectivity index (χ4n) is 1.92. The highest BCUT2D eigenvalue weighted by Crippen LogP contribution is 2.18. The van der Waals surface area contributed by atoms with Gasteiger partial charge in [-0.05, 0) is 44.2 Å². The summed E-state index contributed by atoms with van der Waals surface area (Å²) in [4.78, 5) is 13.5. The summed E-state index contributed by atoms with van der Waals surface area (Å²) in [5.74, 6) is 0.772. The second kappa shape index (κ2) is 7.49. The SMILES string of the molecule is CC(C)NC(=O)N(C)c1ccc(OCCn2cccn2)cc1. The van der Waals surface area contributed by atoms with Gasteiger partial charge in [0, 0.05) is 31.2 Å². The molecule has 0 aliphatic carbocycles. The fourth-order valence-corrected chi connectivity index (χ4v) is 1.92. The summed E-state index contributed by atoms with van der Waals surface area (Å²) < 4.78 is 7.48. The average molecular weight is 302 g/mol. The van der Waals surface area contributed by atoms with Crippen LogP contribution in [0.15, 0.2) is 42.7 Å². The Morgan fingerprint density at radius 1 is 1.36 bits per heavy atom. The minimum absolute atomic E-state index is 0.111. The molecule has 6 heteroatoms. The molecule has 1 N–H and O–H groups in total. The van der Waals surface area contributed by atoms with Crippen LogP contribution < -0.4 is 15.0 Å². The van der Waals surface area contributed by atoms with Crippen molar-refractivity contribution >= 4 is 11.7 Å². The molecule has 0 fully saturated rings. The molecule has 0 aliphatic heterocycles. The number of urea groups is 1. The summed E-state index contributed by atoms with van der Waals surface area (Å²) in [7, 11) is 1.74. The van der Waals surface area contributed by atoms with E-state index in [1.807, 2.05) is 55.1 Å². The van der Waals surface area contributed by atoms with Gasteiger partial charge in [-0.25, -0.2) is 4.79 Å². The monoisotopic (exact) mass is 302 g/mol. The first-order valence-corrected chi connectivity index (χ1v) is 7.31. The molecule has 2 rings (SSSR count).